The van der Waals surface area contributed by atoms with Gasteiger partial charge in [-0.05, 0) is 18.2 Å². The number of hydrogen-bond donors (Lipinski definition) is 1. The van der Waals surface area contributed by atoms with Gasteiger partial charge in [-0.15, -0.1) is 0 Å². The van der Waals surface area contributed by atoms with Crippen LogP contribution in [-0.2, 0) is 10.1 Å². The number of ether oxygens (including phenoxy) is 1. The molecule has 1 N–H and O–H groups in total. The highest BCUT2D eigenvalue weighted by atomic mass is 32.2. The normalized spacial score (nSPS) is 11.1. The molecule has 7 heteroatoms. The van der Waals surface area contributed by atoms with E-state index in [4.69, 9.17) is 9.84 Å². The number of hydrogen-bond acceptors (Lipinski definition) is 5. The molecule has 0 saturated carbocycles. The molecule has 0 unspecified atom stereocenters. The van der Waals surface area contributed by atoms with E-state index in [-0.39, 0.29) is 5.75 Å². The predicted molar refractivity (Wildman–Crippen MR) is 47.9 cm³/mol. The fraction of sp³-hybridized carbons (Fsp3) is 0.125. The molecule has 0 atom stereocenters. The van der Waals surface area contributed by atoms with Crippen LogP contribution in [0.25, 0.3) is 0 Å². The summed E-state index contributed by atoms with van der Waals surface area (Å²) in [4.78, 5) is 9.91. The van der Waals surface area contributed by atoms with Crippen LogP contribution >= 0.6 is 0 Å². The van der Waals surface area contributed by atoms with Crippen molar-refractivity contribution in [3.8, 4) is 5.75 Å². The zero-order chi connectivity index (χ0) is 11.6. The van der Waals surface area contributed by atoms with Crippen molar-refractivity contribution < 1.29 is 27.6 Å². The molecule has 1 rings (SSSR count). The predicted octanol–water partition coefficient (Wildman–Crippen LogP) is 0.297. The van der Waals surface area contributed by atoms with Gasteiger partial charge in [0.15, 0.2) is 0 Å². The molecular formula is C8H7O6S-. The third kappa shape index (κ3) is 2.45. The number of carboxylic acids is 1. The third-order valence-corrected chi connectivity index (χ3v) is 2.58. The second kappa shape index (κ2) is 3.87. The van der Waals surface area contributed by atoms with Crippen molar-refractivity contribution in [3.63, 3.8) is 0 Å². The van der Waals surface area contributed by atoms with E-state index in [1.807, 2.05) is 0 Å². The van der Waals surface area contributed by atoms with Gasteiger partial charge in [0.2, 0.25) is 0 Å². The Hall–Kier alpha value is -1.60. The number of benzene rings is 1. The third-order valence-electron chi connectivity index (χ3n) is 1.69. The second-order valence-corrected chi connectivity index (χ2v) is 3.97. The first-order valence-electron chi connectivity index (χ1n) is 3.73. The lowest BCUT2D eigenvalue weighted by molar-refractivity contribution is 0.0691. The van der Waals surface area contributed by atoms with Crippen molar-refractivity contribution in [2.45, 2.75) is 4.90 Å². The van der Waals surface area contributed by atoms with Gasteiger partial charge in [0.1, 0.15) is 15.9 Å². The summed E-state index contributed by atoms with van der Waals surface area (Å²) in [5.74, 6) is -1.33. The lowest BCUT2D eigenvalue weighted by Gasteiger charge is -2.11. The molecule has 0 aromatic heterocycles. The molecule has 0 aliphatic rings. The van der Waals surface area contributed by atoms with E-state index in [2.05, 4.69) is 0 Å². The lowest BCUT2D eigenvalue weighted by atomic mass is 10.2. The quantitative estimate of drug-likeness (QED) is 0.750. The van der Waals surface area contributed by atoms with Gasteiger partial charge in [-0.1, -0.05) is 0 Å². The number of aromatic carboxylic acids is 1. The lowest BCUT2D eigenvalue weighted by Crippen LogP contribution is -2.08. The molecule has 6 nitrogen and oxygen atoms in total. The molecule has 0 fully saturated rings. The SMILES string of the molecule is COc1ccc(S(=O)(=O)[O-])c(C(=O)O)c1. The zero-order valence-corrected chi connectivity index (χ0v) is 8.45. The summed E-state index contributed by atoms with van der Waals surface area (Å²) >= 11 is 0. The Morgan fingerprint density at radius 2 is 2.07 bits per heavy atom. The summed E-state index contributed by atoms with van der Waals surface area (Å²) in [5, 5.41) is 8.69. The van der Waals surface area contributed by atoms with Gasteiger partial charge in [-0.3, -0.25) is 0 Å². The fourth-order valence-corrected chi connectivity index (χ4v) is 1.67. The maximum atomic E-state index is 10.7. The number of carboxylic acid groups (broad SMARTS) is 1. The summed E-state index contributed by atoms with van der Waals surface area (Å²) in [6, 6.07) is 3.09. The highest BCUT2D eigenvalue weighted by Gasteiger charge is 2.15. The first kappa shape index (κ1) is 11.5. The monoisotopic (exact) mass is 231 g/mol. The molecular weight excluding hydrogens is 224 g/mol. The fourth-order valence-electron chi connectivity index (χ4n) is 1.02. The molecule has 82 valence electrons. The average molecular weight is 231 g/mol. The van der Waals surface area contributed by atoms with E-state index < -0.39 is 26.5 Å². The molecule has 0 bridgehead atoms. The minimum Gasteiger partial charge on any atom is -0.744 e. The van der Waals surface area contributed by atoms with E-state index in [9.17, 15) is 17.8 Å². The number of methoxy groups -OCH3 is 1. The second-order valence-electron chi connectivity index (χ2n) is 2.62. The van der Waals surface area contributed by atoms with Crippen LogP contribution in [0.15, 0.2) is 23.1 Å². The summed E-state index contributed by atoms with van der Waals surface area (Å²) in [5.41, 5.74) is -0.593. The molecule has 0 spiro atoms. The van der Waals surface area contributed by atoms with Gasteiger partial charge in [0.05, 0.1) is 17.6 Å². The van der Waals surface area contributed by atoms with Crippen LogP contribution < -0.4 is 4.74 Å². The highest BCUT2D eigenvalue weighted by Crippen LogP contribution is 2.21. The number of carbonyl (C=O) groups is 1. The van der Waals surface area contributed by atoms with Crippen LogP contribution in [0.3, 0.4) is 0 Å². The molecule has 0 aliphatic carbocycles. The Morgan fingerprint density at radius 3 is 2.47 bits per heavy atom. The van der Waals surface area contributed by atoms with Crippen LogP contribution in [0.4, 0.5) is 0 Å². The van der Waals surface area contributed by atoms with Crippen LogP contribution in [-0.4, -0.2) is 31.2 Å². The summed E-state index contributed by atoms with van der Waals surface area (Å²) < 4.78 is 36.8. The molecule has 0 aliphatic heterocycles. The van der Waals surface area contributed by atoms with Crippen molar-refractivity contribution in [1.29, 1.82) is 0 Å². The van der Waals surface area contributed by atoms with E-state index in [1.54, 1.807) is 0 Å². The summed E-state index contributed by atoms with van der Waals surface area (Å²) in [7, 11) is -3.49. The molecule has 1 aromatic carbocycles. The van der Waals surface area contributed by atoms with Crippen molar-refractivity contribution in [2.24, 2.45) is 0 Å². The largest absolute Gasteiger partial charge is 0.744 e. The molecule has 15 heavy (non-hydrogen) atoms. The molecule has 0 radical (unpaired) electrons. The highest BCUT2D eigenvalue weighted by molar-refractivity contribution is 7.85. The van der Waals surface area contributed by atoms with E-state index in [0.29, 0.717) is 0 Å². The molecule has 0 saturated heterocycles. The minimum atomic E-state index is -4.79. The van der Waals surface area contributed by atoms with Gasteiger partial charge in [-0.2, -0.15) is 0 Å². The van der Waals surface area contributed by atoms with Crippen LogP contribution in [0.5, 0.6) is 5.75 Å². The Morgan fingerprint density at radius 1 is 1.47 bits per heavy atom. The summed E-state index contributed by atoms with van der Waals surface area (Å²) in [6.45, 7) is 0. The number of rotatable bonds is 3. The van der Waals surface area contributed by atoms with E-state index >= 15 is 0 Å². The molecule has 0 amide bonds. The van der Waals surface area contributed by atoms with Crippen LogP contribution in [0.1, 0.15) is 10.4 Å². The smallest absolute Gasteiger partial charge is 0.337 e. The van der Waals surface area contributed by atoms with Crippen molar-refractivity contribution in [1.82, 2.24) is 0 Å². The van der Waals surface area contributed by atoms with Crippen molar-refractivity contribution in [3.05, 3.63) is 23.8 Å². The Kier molecular flexibility index (Phi) is 2.96. The Labute approximate surface area is 85.9 Å². The topological polar surface area (TPSA) is 104 Å². The van der Waals surface area contributed by atoms with Crippen LogP contribution in [0, 0.1) is 0 Å². The van der Waals surface area contributed by atoms with Gasteiger partial charge in [0.25, 0.3) is 0 Å². The first-order valence-corrected chi connectivity index (χ1v) is 5.14. The molecule has 0 heterocycles. The standard InChI is InChI=1S/C8H8O6S/c1-14-5-2-3-7(15(11,12)13)6(4-5)8(9)10/h2-4H,1H3,(H,9,10)(H,11,12,13)/p-1. The average Bonchev–Trinajstić information content (AvgIpc) is 2.15. The maximum absolute atomic E-state index is 10.7. The van der Waals surface area contributed by atoms with Gasteiger partial charge in [0, 0.05) is 0 Å². The van der Waals surface area contributed by atoms with Gasteiger partial charge < -0.3 is 14.4 Å². The van der Waals surface area contributed by atoms with Crippen LogP contribution in [0.2, 0.25) is 0 Å². The van der Waals surface area contributed by atoms with Gasteiger partial charge >= 0.3 is 5.97 Å². The van der Waals surface area contributed by atoms with E-state index in [1.165, 1.54) is 13.2 Å². The minimum absolute atomic E-state index is 0.166. The van der Waals surface area contributed by atoms with Crippen molar-refractivity contribution >= 4 is 16.1 Å². The maximum Gasteiger partial charge on any atom is 0.337 e. The molecule has 1 aromatic rings. The van der Waals surface area contributed by atoms with E-state index in [0.717, 1.165) is 12.1 Å². The first-order chi connectivity index (χ1) is 6.86. The zero-order valence-electron chi connectivity index (χ0n) is 7.63. The Balaban J connectivity index is 3.48. The Bertz CT molecular complexity index is 490. The summed E-state index contributed by atoms with van der Waals surface area (Å²) in [6.07, 6.45) is 0. The van der Waals surface area contributed by atoms with Crippen molar-refractivity contribution in [2.75, 3.05) is 7.11 Å². The van der Waals surface area contributed by atoms with Gasteiger partial charge in [-0.25, -0.2) is 13.2 Å².